The monoisotopic (exact) mass is 268 g/mol. The van der Waals surface area contributed by atoms with E-state index in [1.54, 1.807) is 30.3 Å². The van der Waals surface area contributed by atoms with Crippen LogP contribution in [0.2, 0.25) is 0 Å². The maximum atomic E-state index is 11.4. The van der Waals surface area contributed by atoms with E-state index in [4.69, 9.17) is 10.6 Å². The van der Waals surface area contributed by atoms with Crippen LogP contribution in [0.1, 0.15) is 10.4 Å². The summed E-state index contributed by atoms with van der Waals surface area (Å²) < 4.78 is 5.65. The third-order valence-corrected chi connectivity index (χ3v) is 2.83. The zero-order valence-electron chi connectivity index (χ0n) is 10.5. The van der Waals surface area contributed by atoms with E-state index in [9.17, 15) is 4.79 Å². The molecule has 3 rings (SSSR count). The molecule has 0 radical (unpaired) electrons. The molecule has 2 aromatic heterocycles. The Morgan fingerprint density at radius 3 is 3.00 bits per heavy atom. The van der Waals surface area contributed by atoms with Crippen LogP contribution in [0.3, 0.4) is 0 Å². The lowest BCUT2D eigenvalue weighted by atomic mass is 10.2. The van der Waals surface area contributed by atoms with Crippen LogP contribution in [0.5, 0.6) is 11.6 Å². The number of hydrazine groups is 1. The van der Waals surface area contributed by atoms with Gasteiger partial charge in [0, 0.05) is 17.8 Å². The summed E-state index contributed by atoms with van der Waals surface area (Å²) in [5, 5.41) is 0. The third kappa shape index (κ3) is 2.32. The van der Waals surface area contributed by atoms with E-state index < -0.39 is 0 Å². The minimum absolute atomic E-state index is 0.371. The number of nitrogens with zero attached hydrogens (tertiary/aromatic N) is 1. The number of amides is 1. The zero-order valence-corrected chi connectivity index (χ0v) is 10.5. The quantitative estimate of drug-likeness (QED) is 0.384. The number of nitrogens with two attached hydrogens (primary N) is 1. The number of benzene rings is 1. The number of ether oxygens (including phenoxy) is 1. The zero-order chi connectivity index (χ0) is 13.9. The van der Waals surface area contributed by atoms with E-state index in [-0.39, 0.29) is 5.91 Å². The number of hydrogen-bond donors (Lipinski definition) is 3. The molecule has 0 aliphatic rings. The Kier molecular flexibility index (Phi) is 3.06. The van der Waals surface area contributed by atoms with Crippen LogP contribution in [0.25, 0.3) is 11.0 Å². The van der Waals surface area contributed by atoms with Crippen LogP contribution in [-0.2, 0) is 0 Å². The number of aromatic nitrogens is 2. The van der Waals surface area contributed by atoms with Crippen LogP contribution in [0, 0.1) is 0 Å². The van der Waals surface area contributed by atoms with Gasteiger partial charge in [-0.3, -0.25) is 10.2 Å². The average Bonchev–Trinajstić information content (AvgIpc) is 2.94. The van der Waals surface area contributed by atoms with Crippen LogP contribution in [0.4, 0.5) is 0 Å². The molecule has 0 fully saturated rings. The van der Waals surface area contributed by atoms with E-state index in [1.165, 1.54) is 0 Å². The van der Waals surface area contributed by atoms with Crippen molar-refractivity contribution >= 4 is 16.9 Å². The molecule has 100 valence electrons. The van der Waals surface area contributed by atoms with Crippen molar-refractivity contribution in [2.75, 3.05) is 0 Å². The fraction of sp³-hybridized carbons (Fsp3) is 0. The van der Waals surface area contributed by atoms with Gasteiger partial charge in [0.25, 0.3) is 5.91 Å². The van der Waals surface area contributed by atoms with E-state index in [1.807, 2.05) is 18.3 Å². The number of carbonyl (C=O) groups is 1. The Balaban J connectivity index is 1.88. The average molecular weight is 268 g/mol. The molecule has 0 saturated heterocycles. The molecule has 6 heteroatoms. The maximum absolute atomic E-state index is 11.4. The molecule has 1 amide bonds. The first-order valence-corrected chi connectivity index (χ1v) is 5.99. The second-order valence-corrected chi connectivity index (χ2v) is 4.16. The topological polar surface area (TPSA) is 93.0 Å². The van der Waals surface area contributed by atoms with E-state index in [0.717, 1.165) is 11.0 Å². The smallest absolute Gasteiger partial charge is 0.265 e. The van der Waals surface area contributed by atoms with Gasteiger partial charge >= 0.3 is 0 Å². The number of nitrogen functional groups attached to an aromatic ring is 1. The number of pyridine rings is 1. The standard InChI is InChI=1S/C14H12N4O2/c15-18-14(19)9-2-1-3-10(8-9)20-13-5-4-11-12(17-13)6-7-16-11/h1-8,16H,15H2,(H,18,19). The Bertz CT molecular complexity index is 766. The normalized spacial score (nSPS) is 10.4. The summed E-state index contributed by atoms with van der Waals surface area (Å²) in [7, 11) is 0. The Morgan fingerprint density at radius 1 is 1.25 bits per heavy atom. The molecule has 1 aromatic carbocycles. The number of carbonyl (C=O) groups excluding carboxylic acids is 1. The highest BCUT2D eigenvalue weighted by Gasteiger charge is 2.06. The predicted octanol–water partition coefficient (Wildman–Crippen LogP) is 1.96. The minimum Gasteiger partial charge on any atom is -0.439 e. The molecular weight excluding hydrogens is 256 g/mol. The van der Waals surface area contributed by atoms with Crippen molar-refractivity contribution in [1.82, 2.24) is 15.4 Å². The Hall–Kier alpha value is -2.86. The Labute approximate surface area is 114 Å². The molecular formula is C14H12N4O2. The first-order valence-electron chi connectivity index (χ1n) is 5.99. The van der Waals surface area contributed by atoms with E-state index in [0.29, 0.717) is 17.2 Å². The van der Waals surface area contributed by atoms with Gasteiger partial charge in [0.05, 0.1) is 11.0 Å². The summed E-state index contributed by atoms with van der Waals surface area (Å²) in [6, 6.07) is 12.2. The van der Waals surface area contributed by atoms with E-state index in [2.05, 4.69) is 15.4 Å². The molecule has 0 aliphatic carbocycles. The van der Waals surface area contributed by atoms with Gasteiger partial charge in [-0.1, -0.05) is 6.07 Å². The third-order valence-electron chi connectivity index (χ3n) is 2.83. The minimum atomic E-state index is -0.371. The number of rotatable bonds is 3. The van der Waals surface area contributed by atoms with Crippen molar-refractivity contribution in [3.05, 3.63) is 54.2 Å². The molecule has 0 unspecified atom stereocenters. The number of fused-ring (bicyclic) bond motifs is 1. The fourth-order valence-electron chi connectivity index (χ4n) is 1.88. The maximum Gasteiger partial charge on any atom is 0.265 e. The Morgan fingerprint density at radius 2 is 2.15 bits per heavy atom. The number of aromatic amines is 1. The summed E-state index contributed by atoms with van der Waals surface area (Å²) in [4.78, 5) is 18.9. The van der Waals surface area contributed by atoms with Crippen LogP contribution >= 0.6 is 0 Å². The molecule has 0 spiro atoms. The number of hydrogen-bond acceptors (Lipinski definition) is 4. The summed E-state index contributed by atoms with van der Waals surface area (Å²) >= 11 is 0. The molecule has 4 N–H and O–H groups in total. The van der Waals surface area contributed by atoms with Gasteiger partial charge in [0.15, 0.2) is 0 Å². The van der Waals surface area contributed by atoms with Gasteiger partial charge in [0.2, 0.25) is 5.88 Å². The number of nitrogens with one attached hydrogen (secondary N) is 2. The molecule has 20 heavy (non-hydrogen) atoms. The second kappa shape index (κ2) is 5.02. The van der Waals surface area contributed by atoms with Crippen molar-refractivity contribution in [3.8, 4) is 11.6 Å². The van der Waals surface area contributed by atoms with Crippen LogP contribution in [0.15, 0.2) is 48.7 Å². The largest absolute Gasteiger partial charge is 0.439 e. The summed E-state index contributed by atoms with van der Waals surface area (Å²) in [6.07, 6.45) is 1.81. The molecule has 3 aromatic rings. The lowest BCUT2D eigenvalue weighted by Crippen LogP contribution is -2.29. The summed E-state index contributed by atoms with van der Waals surface area (Å²) in [5.74, 6) is 5.71. The van der Waals surface area contributed by atoms with Crippen LogP contribution in [-0.4, -0.2) is 15.9 Å². The molecule has 0 atom stereocenters. The summed E-state index contributed by atoms with van der Waals surface area (Å²) in [5.41, 5.74) is 4.26. The van der Waals surface area contributed by atoms with Gasteiger partial charge in [-0.25, -0.2) is 10.8 Å². The molecule has 6 nitrogen and oxygen atoms in total. The van der Waals surface area contributed by atoms with Crippen molar-refractivity contribution in [2.45, 2.75) is 0 Å². The molecule has 0 bridgehead atoms. The summed E-state index contributed by atoms with van der Waals surface area (Å²) in [6.45, 7) is 0. The van der Waals surface area contributed by atoms with Gasteiger partial charge in [-0.05, 0) is 30.3 Å². The van der Waals surface area contributed by atoms with Crippen LogP contribution < -0.4 is 16.0 Å². The van der Waals surface area contributed by atoms with Crippen molar-refractivity contribution in [2.24, 2.45) is 5.84 Å². The van der Waals surface area contributed by atoms with Crippen molar-refractivity contribution in [3.63, 3.8) is 0 Å². The highest BCUT2D eigenvalue weighted by Crippen LogP contribution is 2.22. The molecule has 2 heterocycles. The first kappa shape index (κ1) is 12.2. The molecule has 0 saturated carbocycles. The lowest BCUT2D eigenvalue weighted by molar-refractivity contribution is 0.0953. The van der Waals surface area contributed by atoms with Gasteiger partial charge in [0.1, 0.15) is 5.75 Å². The predicted molar refractivity (Wildman–Crippen MR) is 74.3 cm³/mol. The highest BCUT2D eigenvalue weighted by atomic mass is 16.5. The number of H-pyrrole nitrogens is 1. The van der Waals surface area contributed by atoms with Gasteiger partial charge in [-0.2, -0.15) is 0 Å². The molecule has 0 aliphatic heterocycles. The van der Waals surface area contributed by atoms with E-state index >= 15 is 0 Å². The highest BCUT2D eigenvalue weighted by molar-refractivity contribution is 5.94. The fourth-order valence-corrected chi connectivity index (χ4v) is 1.88. The SMILES string of the molecule is NNC(=O)c1cccc(Oc2ccc3[nH]ccc3n2)c1. The van der Waals surface area contributed by atoms with Crippen molar-refractivity contribution < 1.29 is 9.53 Å². The van der Waals surface area contributed by atoms with Gasteiger partial charge < -0.3 is 9.72 Å². The second-order valence-electron chi connectivity index (χ2n) is 4.16. The lowest BCUT2D eigenvalue weighted by Gasteiger charge is -2.06. The van der Waals surface area contributed by atoms with Gasteiger partial charge in [-0.15, -0.1) is 0 Å². The van der Waals surface area contributed by atoms with Crippen molar-refractivity contribution in [1.29, 1.82) is 0 Å². The first-order chi connectivity index (χ1) is 9.76.